The lowest BCUT2D eigenvalue weighted by atomic mass is 9.83. The number of rotatable bonds is 2. The Hall–Kier alpha value is -3.50. The molecule has 2 aliphatic rings. The third-order valence-corrected chi connectivity index (χ3v) is 7.35. The van der Waals surface area contributed by atoms with Gasteiger partial charge < -0.3 is 0 Å². The molecule has 0 saturated carbocycles. The first kappa shape index (κ1) is 19.2. The second-order valence-corrected chi connectivity index (χ2v) is 9.44. The van der Waals surface area contributed by atoms with Crippen LogP contribution in [0.5, 0.6) is 0 Å². The summed E-state index contributed by atoms with van der Waals surface area (Å²) in [6.07, 6.45) is 3.88. The van der Waals surface area contributed by atoms with Crippen LogP contribution in [0.4, 0.5) is 0 Å². The van der Waals surface area contributed by atoms with Gasteiger partial charge in [-0.1, -0.05) is 95.8 Å². The maximum Gasteiger partial charge on any atom is 0.271 e. The normalized spacial score (nSPS) is 17.4. The predicted octanol–water partition coefficient (Wildman–Crippen LogP) is 4.63. The van der Waals surface area contributed by atoms with E-state index in [1.54, 1.807) is 0 Å². The van der Waals surface area contributed by atoms with Crippen LogP contribution in [0.1, 0.15) is 40.3 Å². The number of benzene rings is 3. The van der Waals surface area contributed by atoms with Gasteiger partial charge in [0.2, 0.25) is 0 Å². The van der Waals surface area contributed by atoms with E-state index in [0.29, 0.717) is 0 Å². The molecule has 1 aliphatic carbocycles. The van der Waals surface area contributed by atoms with Crippen LogP contribution >= 0.6 is 11.3 Å². The van der Waals surface area contributed by atoms with Gasteiger partial charge in [-0.25, -0.2) is 4.99 Å². The van der Waals surface area contributed by atoms with Crippen molar-refractivity contribution in [2.24, 2.45) is 4.99 Å². The van der Waals surface area contributed by atoms with Gasteiger partial charge in [-0.2, -0.15) is 0 Å². The lowest BCUT2D eigenvalue weighted by molar-refractivity contribution is 0.585. The second kappa shape index (κ2) is 7.57. The van der Waals surface area contributed by atoms with E-state index in [4.69, 9.17) is 4.99 Å². The molecule has 4 heteroatoms. The first-order valence-corrected chi connectivity index (χ1v) is 11.8. The summed E-state index contributed by atoms with van der Waals surface area (Å²) in [5.74, 6) is 0. The molecule has 156 valence electrons. The monoisotopic (exact) mass is 434 g/mol. The molecule has 4 aromatic rings. The van der Waals surface area contributed by atoms with Crippen molar-refractivity contribution in [3.05, 3.63) is 132 Å². The summed E-state index contributed by atoms with van der Waals surface area (Å²) < 4.78 is 2.63. The molecule has 0 saturated heterocycles. The fraction of sp³-hybridized carbons (Fsp3) is 0.143. The summed E-state index contributed by atoms with van der Waals surface area (Å²) in [4.78, 5) is 19.5. The highest BCUT2D eigenvalue weighted by Gasteiger charge is 2.32. The quantitative estimate of drug-likeness (QED) is 0.453. The molecule has 0 unspecified atom stereocenters. The largest absolute Gasteiger partial charge is 0.272 e. The summed E-state index contributed by atoms with van der Waals surface area (Å²) in [6.45, 7) is 2.07. The van der Waals surface area contributed by atoms with E-state index < -0.39 is 0 Å². The highest BCUT2D eigenvalue weighted by molar-refractivity contribution is 7.07. The minimum absolute atomic E-state index is 0.0357. The maximum absolute atomic E-state index is 13.6. The molecule has 0 amide bonds. The zero-order valence-electron chi connectivity index (χ0n) is 17.8. The van der Waals surface area contributed by atoms with Crippen LogP contribution in [-0.4, -0.2) is 4.57 Å². The summed E-state index contributed by atoms with van der Waals surface area (Å²) in [5, 5.41) is 0. The van der Waals surface area contributed by atoms with Gasteiger partial charge in [-0.05, 0) is 48.1 Å². The van der Waals surface area contributed by atoms with Gasteiger partial charge in [0.15, 0.2) is 4.80 Å². The Balaban J connectivity index is 1.62. The van der Waals surface area contributed by atoms with Crippen LogP contribution in [0.3, 0.4) is 0 Å². The second-order valence-electron chi connectivity index (χ2n) is 8.44. The van der Waals surface area contributed by atoms with Crippen LogP contribution in [0.15, 0.2) is 94.2 Å². The molecule has 1 aliphatic heterocycles. The van der Waals surface area contributed by atoms with E-state index in [0.717, 1.165) is 39.0 Å². The van der Waals surface area contributed by atoms with Crippen LogP contribution in [0, 0.1) is 6.92 Å². The topological polar surface area (TPSA) is 34.4 Å². The summed E-state index contributed by atoms with van der Waals surface area (Å²) in [5.41, 5.74) is 8.23. The zero-order valence-corrected chi connectivity index (χ0v) is 18.6. The lowest BCUT2D eigenvalue weighted by Gasteiger charge is -2.30. The van der Waals surface area contributed by atoms with Crippen molar-refractivity contribution in [3.8, 4) is 0 Å². The van der Waals surface area contributed by atoms with Gasteiger partial charge in [0.25, 0.3) is 5.56 Å². The standard InChI is InChI=1S/C28H22N2OS/c1-18-11-13-19(14-12-18)17-24-27(31)30-26(21-8-3-2-4-9-21)23-16-15-20-7-5-6-10-22(20)25(23)29-28(30)32-24/h2-14,17,26H,15-16H2,1H3/b24-17-/t26-/m1/s1. The summed E-state index contributed by atoms with van der Waals surface area (Å²) in [7, 11) is 0. The van der Waals surface area contributed by atoms with Crippen LogP contribution in [0.25, 0.3) is 11.8 Å². The van der Waals surface area contributed by atoms with Gasteiger partial charge in [0.05, 0.1) is 16.3 Å². The molecule has 32 heavy (non-hydrogen) atoms. The van der Waals surface area contributed by atoms with E-state index in [2.05, 4.69) is 79.7 Å². The highest BCUT2D eigenvalue weighted by Crippen LogP contribution is 2.41. The van der Waals surface area contributed by atoms with Crippen molar-refractivity contribution < 1.29 is 0 Å². The number of aromatic nitrogens is 1. The highest BCUT2D eigenvalue weighted by atomic mass is 32.1. The van der Waals surface area contributed by atoms with Crippen molar-refractivity contribution in [2.75, 3.05) is 0 Å². The molecule has 3 nitrogen and oxygen atoms in total. The molecule has 1 atom stereocenters. The van der Waals surface area contributed by atoms with Crippen LogP contribution in [-0.2, 0) is 6.42 Å². The van der Waals surface area contributed by atoms with E-state index in [1.165, 1.54) is 33.6 Å². The van der Waals surface area contributed by atoms with Crippen LogP contribution < -0.4 is 14.9 Å². The van der Waals surface area contributed by atoms with Gasteiger partial charge in [0.1, 0.15) is 0 Å². The number of nitrogens with zero attached hydrogens (tertiary/aromatic N) is 2. The Labute approximate surface area is 190 Å². The summed E-state index contributed by atoms with van der Waals surface area (Å²) >= 11 is 1.48. The molecule has 2 heterocycles. The van der Waals surface area contributed by atoms with Gasteiger partial charge in [-0.3, -0.25) is 9.36 Å². The SMILES string of the molecule is Cc1ccc(/C=c2\sc3n(c2=O)[C@H](c2ccccc2)C2=C(N=3)c3ccccc3CC2)cc1. The van der Waals surface area contributed by atoms with Crippen molar-refractivity contribution in [1.82, 2.24) is 4.57 Å². The molecular weight excluding hydrogens is 412 g/mol. The molecule has 1 aromatic heterocycles. The number of hydrogen-bond donors (Lipinski definition) is 0. The smallest absolute Gasteiger partial charge is 0.271 e. The number of aryl methyl sites for hydroxylation is 2. The molecule has 0 bridgehead atoms. The maximum atomic E-state index is 13.6. The number of thiazole rings is 1. The Morgan fingerprint density at radius 2 is 1.69 bits per heavy atom. The zero-order chi connectivity index (χ0) is 21.7. The average molecular weight is 435 g/mol. The van der Waals surface area contributed by atoms with Crippen molar-refractivity contribution in [1.29, 1.82) is 0 Å². The third kappa shape index (κ3) is 3.10. The van der Waals surface area contributed by atoms with E-state index in [-0.39, 0.29) is 11.6 Å². The minimum atomic E-state index is -0.115. The third-order valence-electron chi connectivity index (χ3n) is 6.36. The molecule has 0 spiro atoms. The molecule has 0 radical (unpaired) electrons. The molecular formula is C28H22N2OS. The van der Waals surface area contributed by atoms with Crippen molar-refractivity contribution in [3.63, 3.8) is 0 Å². The van der Waals surface area contributed by atoms with Gasteiger partial charge >= 0.3 is 0 Å². The van der Waals surface area contributed by atoms with E-state index >= 15 is 0 Å². The first-order valence-electron chi connectivity index (χ1n) is 10.9. The molecule has 0 N–H and O–H groups in total. The first-order chi connectivity index (χ1) is 15.7. The Morgan fingerprint density at radius 3 is 2.50 bits per heavy atom. The van der Waals surface area contributed by atoms with E-state index in [1.807, 2.05) is 16.7 Å². The van der Waals surface area contributed by atoms with E-state index in [9.17, 15) is 4.79 Å². The van der Waals surface area contributed by atoms with Crippen LogP contribution in [0.2, 0.25) is 0 Å². The molecule has 6 rings (SSSR count). The average Bonchev–Trinajstić information content (AvgIpc) is 3.14. The molecule has 3 aromatic carbocycles. The fourth-order valence-corrected chi connectivity index (χ4v) is 5.77. The Kier molecular flexibility index (Phi) is 4.54. The Morgan fingerprint density at radius 1 is 0.938 bits per heavy atom. The lowest BCUT2D eigenvalue weighted by Crippen LogP contribution is -2.38. The number of hydrogen-bond acceptors (Lipinski definition) is 3. The van der Waals surface area contributed by atoms with Gasteiger partial charge in [0, 0.05) is 5.56 Å². The van der Waals surface area contributed by atoms with Gasteiger partial charge in [-0.15, -0.1) is 0 Å². The summed E-state index contributed by atoms with van der Waals surface area (Å²) in [6, 6.07) is 27.1. The number of allylic oxidation sites excluding steroid dienone is 1. The minimum Gasteiger partial charge on any atom is -0.272 e. The van der Waals surface area contributed by atoms with Crippen molar-refractivity contribution >= 4 is 23.1 Å². The predicted molar refractivity (Wildman–Crippen MR) is 130 cm³/mol. The van der Waals surface area contributed by atoms with Crippen molar-refractivity contribution in [2.45, 2.75) is 25.8 Å². The number of fused-ring (bicyclic) bond motifs is 3. The molecule has 0 fully saturated rings. The fourth-order valence-electron chi connectivity index (χ4n) is 4.77. The Bertz CT molecular complexity index is 1540.